The first-order chi connectivity index (χ1) is 8.06. The van der Waals surface area contributed by atoms with Gasteiger partial charge in [-0.25, -0.2) is 0 Å². The summed E-state index contributed by atoms with van der Waals surface area (Å²) in [5, 5.41) is 0. The lowest BCUT2D eigenvalue weighted by Gasteiger charge is -2.23. The van der Waals surface area contributed by atoms with Crippen molar-refractivity contribution in [2.24, 2.45) is 11.1 Å². The van der Waals surface area contributed by atoms with Crippen LogP contribution in [0.3, 0.4) is 0 Å². The van der Waals surface area contributed by atoms with E-state index in [1.807, 2.05) is 6.92 Å². The van der Waals surface area contributed by atoms with Gasteiger partial charge in [-0.3, -0.25) is 4.79 Å². The molecule has 0 saturated carbocycles. The zero-order chi connectivity index (χ0) is 13.1. The van der Waals surface area contributed by atoms with E-state index in [4.69, 9.17) is 5.73 Å². The maximum Gasteiger partial charge on any atom is 0.223 e. The number of hydrogen-bond acceptors (Lipinski definition) is 1. The van der Waals surface area contributed by atoms with Crippen LogP contribution in [0.2, 0.25) is 0 Å². The van der Waals surface area contributed by atoms with Crippen LogP contribution in [0.4, 0.5) is 0 Å². The Morgan fingerprint density at radius 3 is 1.82 bits per heavy atom. The third-order valence-corrected chi connectivity index (χ3v) is 3.96. The molecule has 0 aromatic rings. The number of unbranched alkanes of at least 4 members (excludes halogenated alkanes) is 7. The second kappa shape index (κ2) is 9.49. The Bertz CT molecular complexity index is 203. The molecule has 17 heavy (non-hydrogen) atoms. The maximum atomic E-state index is 11.3. The van der Waals surface area contributed by atoms with Gasteiger partial charge in [-0.15, -0.1) is 0 Å². The second-order valence-electron chi connectivity index (χ2n) is 5.50. The fraction of sp³-hybridized carbons (Fsp3) is 0.933. The maximum absolute atomic E-state index is 11.3. The highest BCUT2D eigenvalue weighted by Gasteiger charge is 2.27. The molecule has 0 aromatic heterocycles. The fourth-order valence-electron chi connectivity index (χ4n) is 2.12. The third-order valence-electron chi connectivity index (χ3n) is 3.96. The predicted octanol–water partition coefficient (Wildman–Crippen LogP) is 4.42. The van der Waals surface area contributed by atoms with Crippen LogP contribution in [0.25, 0.3) is 0 Å². The first kappa shape index (κ1) is 16.5. The van der Waals surface area contributed by atoms with Gasteiger partial charge >= 0.3 is 0 Å². The number of carbonyl (C=O) groups excluding carboxylic acids is 1. The molecule has 0 heterocycles. The van der Waals surface area contributed by atoms with Crippen molar-refractivity contribution in [1.29, 1.82) is 0 Å². The minimum absolute atomic E-state index is 0.136. The van der Waals surface area contributed by atoms with Gasteiger partial charge in [0.25, 0.3) is 0 Å². The molecule has 2 N–H and O–H groups in total. The number of nitrogens with two attached hydrogens (primary N) is 1. The summed E-state index contributed by atoms with van der Waals surface area (Å²) in [6, 6.07) is 0. The van der Waals surface area contributed by atoms with Crippen LogP contribution in [-0.4, -0.2) is 5.91 Å². The van der Waals surface area contributed by atoms with Crippen molar-refractivity contribution in [3.05, 3.63) is 0 Å². The molecule has 102 valence electrons. The summed E-state index contributed by atoms with van der Waals surface area (Å²) in [7, 11) is 0. The van der Waals surface area contributed by atoms with Gasteiger partial charge < -0.3 is 5.73 Å². The molecular weight excluding hydrogens is 210 g/mol. The Balaban J connectivity index is 3.47. The molecule has 1 unspecified atom stereocenters. The van der Waals surface area contributed by atoms with Gasteiger partial charge in [-0.05, 0) is 12.8 Å². The van der Waals surface area contributed by atoms with E-state index in [-0.39, 0.29) is 11.3 Å². The quantitative estimate of drug-likeness (QED) is 0.535. The highest BCUT2D eigenvalue weighted by Crippen LogP contribution is 2.28. The molecule has 0 radical (unpaired) electrons. The van der Waals surface area contributed by atoms with Crippen LogP contribution in [-0.2, 0) is 4.79 Å². The first-order valence-corrected chi connectivity index (χ1v) is 7.36. The van der Waals surface area contributed by atoms with Crippen LogP contribution in [0.15, 0.2) is 0 Å². The van der Waals surface area contributed by atoms with Crippen molar-refractivity contribution in [2.75, 3.05) is 0 Å². The Hall–Kier alpha value is -0.530. The summed E-state index contributed by atoms with van der Waals surface area (Å²) in [5.74, 6) is -0.136. The molecule has 0 aliphatic rings. The number of hydrogen-bond donors (Lipinski definition) is 1. The SMILES string of the molecule is CCCCCCCCCCC(C)(CC)C(N)=O. The van der Waals surface area contributed by atoms with Gasteiger partial charge in [0.2, 0.25) is 5.91 Å². The fourth-order valence-corrected chi connectivity index (χ4v) is 2.12. The summed E-state index contributed by atoms with van der Waals surface area (Å²) in [6.45, 7) is 6.29. The molecule has 2 nitrogen and oxygen atoms in total. The summed E-state index contributed by atoms with van der Waals surface area (Å²) in [4.78, 5) is 11.3. The van der Waals surface area contributed by atoms with Crippen LogP contribution in [0.1, 0.15) is 85.0 Å². The normalized spacial score (nSPS) is 14.5. The third kappa shape index (κ3) is 7.40. The molecule has 0 aliphatic heterocycles. The van der Waals surface area contributed by atoms with Crippen molar-refractivity contribution in [3.8, 4) is 0 Å². The number of primary amides is 1. The zero-order valence-electron chi connectivity index (χ0n) is 12.1. The van der Waals surface area contributed by atoms with Gasteiger partial charge in [-0.1, -0.05) is 72.1 Å². The van der Waals surface area contributed by atoms with Gasteiger partial charge in [0.15, 0.2) is 0 Å². The van der Waals surface area contributed by atoms with Gasteiger partial charge in [0.1, 0.15) is 0 Å². The lowest BCUT2D eigenvalue weighted by Crippen LogP contribution is -2.33. The lowest BCUT2D eigenvalue weighted by molar-refractivity contribution is -0.127. The highest BCUT2D eigenvalue weighted by atomic mass is 16.1. The average molecular weight is 241 g/mol. The second-order valence-corrected chi connectivity index (χ2v) is 5.50. The predicted molar refractivity (Wildman–Crippen MR) is 74.8 cm³/mol. The van der Waals surface area contributed by atoms with Crippen molar-refractivity contribution >= 4 is 5.91 Å². The Morgan fingerprint density at radius 2 is 1.41 bits per heavy atom. The van der Waals surface area contributed by atoms with E-state index in [0.29, 0.717) is 0 Å². The van der Waals surface area contributed by atoms with E-state index in [2.05, 4.69) is 13.8 Å². The van der Waals surface area contributed by atoms with Gasteiger partial charge in [0.05, 0.1) is 0 Å². The van der Waals surface area contributed by atoms with Gasteiger partial charge in [-0.2, -0.15) is 0 Å². The van der Waals surface area contributed by atoms with Crippen LogP contribution in [0.5, 0.6) is 0 Å². The van der Waals surface area contributed by atoms with Crippen LogP contribution >= 0.6 is 0 Å². The van der Waals surface area contributed by atoms with E-state index >= 15 is 0 Å². The van der Waals surface area contributed by atoms with E-state index < -0.39 is 0 Å². The minimum atomic E-state index is -0.276. The monoisotopic (exact) mass is 241 g/mol. The van der Waals surface area contributed by atoms with Gasteiger partial charge in [0, 0.05) is 5.41 Å². The van der Waals surface area contributed by atoms with Crippen molar-refractivity contribution in [2.45, 2.75) is 85.0 Å². The van der Waals surface area contributed by atoms with Crippen molar-refractivity contribution in [1.82, 2.24) is 0 Å². The van der Waals surface area contributed by atoms with E-state index in [9.17, 15) is 4.79 Å². The van der Waals surface area contributed by atoms with Crippen molar-refractivity contribution < 1.29 is 4.79 Å². The zero-order valence-corrected chi connectivity index (χ0v) is 12.1. The molecule has 2 heteroatoms. The summed E-state index contributed by atoms with van der Waals surface area (Å²) < 4.78 is 0. The molecule has 1 atom stereocenters. The van der Waals surface area contributed by atoms with Crippen molar-refractivity contribution in [3.63, 3.8) is 0 Å². The smallest absolute Gasteiger partial charge is 0.223 e. The van der Waals surface area contributed by atoms with E-state index in [1.165, 1.54) is 44.9 Å². The topological polar surface area (TPSA) is 43.1 Å². The molecular formula is C15H31NO. The summed E-state index contributed by atoms with van der Waals surface area (Å²) in [5.41, 5.74) is 5.16. The molecule has 0 aromatic carbocycles. The summed E-state index contributed by atoms with van der Waals surface area (Å²) in [6.07, 6.45) is 12.3. The highest BCUT2D eigenvalue weighted by molar-refractivity contribution is 5.80. The Kier molecular flexibility index (Phi) is 9.20. The molecule has 0 bridgehead atoms. The number of rotatable bonds is 11. The molecule has 0 spiro atoms. The molecule has 0 aliphatic carbocycles. The summed E-state index contributed by atoms with van der Waals surface area (Å²) >= 11 is 0. The number of amides is 1. The molecule has 0 saturated heterocycles. The first-order valence-electron chi connectivity index (χ1n) is 7.36. The van der Waals surface area contributed by atoms with Crippen LogP contribution in [0, 0.1) is 5.41 Å². The molecule has 0 rings (SSSR count). The standard InChI is InChI=1S/C15H31NO/c1-4-6-7-8-9-10-11-12-13-15(3,5-2)14(16)17/h4-13H2,1-3H3,(H2,16,17). The Labute approximate surface area is 107 Å². The van der Waals surface area contributed by atoms with E-state index in [1.54, 1.807) is 0 Å². The molecule has 1 amide bonds. The average Bonchev–Trinajstić information content (AvgIpc) is 2.32. The molecule has 0 fully saturated rings. The number of carbonyl (C=O) groups is 1. The van der Waals surface area contributed by atoms with Crippen LogP contribution < -0.4 is 5.73 Å². The largest absolute Gasteiger partial charge is 0.369 e. The Morgan fingerprint density at radius 1 is 0.941 bits per heavy atom. The minimum Gasteiger partial charge on any atom is -0.369 e. The lowest BCUT2D eigenvalue weighted by atomic mass is 9.81. The van der Waals surface area contributed by atoms with E-state index in [0.717, 1.165) is 19.3 Å².